The minimum absolute atomic E-state index is 0.833. The molecule has 0 aromatic heterocycles. The molecule has 0 heterocycles. The van der Waals surface area contributed by atoms with E-state index in [0.717, 1.165) is 6.92 Å². The molecule has 0 aromatic carbocycles. The average Bonchev–Trinajstić information content (AvgIpc) is 2.54. The molecule has 0 saturated carbocycles. The van der Waals surface area contributed by atoms with Gasteiger partial charge in [-0.1, -0.05) is 130 Å². The molecule has 0 aliphatic carbocycles. The lowest BCUT2D eigenvalue weighted by molar-refractivity contribution is -0.134. The number of carboxylic acid groups (broad SMARTS) is 1. The van der Waals surface area contributed by atoms with Gasteiger partial charge in [0.15, 0.2) is 0 Å². The molecule has 2 nitrogen and oxygen atoms in total. The van der Waals surface area contributed by atoms with Crippen LogP contribution in [0.3, 0.4) is 0 Å². The summed E-state index contributed by atoms with van der Waals surface area (Å²) in [5, 5.41) is 7.42. The summed E-state index contributed by atoms with van der Waals surface area (Å²) >= 11 is 0. The van der Waals surface area contributed by atoms with Gasteiger partial charge in [-0.05, 0) is 0 Å². The van der Waals surface area contributed by atoms with Gasteiger partial charge in [-0.2, -0.15) is 0 Å². The molecular formula is C22H48O2. The smallest absolute Gasteiger partial charge is 0.300 e. The third-order valence-electron chi connectivity index (χ3n) is 3.91. The number of unbranched alkanes of at least 4 members (excludes halogenated alkanes) is 14. The van der Waals surface area contributed by atoms with Crippen LogP contribution < -0.4 is 0 Å². The molecule has 0 bridgehead atoms. The highest BCUT2D eigenvalue weighted by atomic mass is 16.4. The van der Waals surface area contributed by atoms with Crippen LogP contribution in [0.1, 0.15) is 137 Å². The number of rotatable bonds is 14. The molecule has 0 aliphatic heterocycles. The zero-order valence-corrected chi connectivity index (χ0v) is 17.7. The second kappa shape index (κ2) is 30.4. The Morgan fingerprint density at radius 3 is 0.750 bits per heavy atom. The summed E-state index contributed by atoms with van der Waals surface area (Å²) in [5.74, 6) is -0.833. The van der Waals surface area contributed by atoms with Gasteiger partial charge in [0.05, 0.1) is 0 Å². The third kappa shape index (κ3) is 49.6. The average molecular weight is 345 g/mol. The first-order valence-corrected chi connectivity index (χ1v) is 10.8. The van der Waals surface area contributed by atoms with E-state index in [0.29, 0.717) is 0 Å². The molecule has 0 aliphatic rings. The lowest BCUT2D eigenvalue weighted by atomic mass is 10.1. The first-order valence-electron chi connectivity index (χ1n) is 10.8. The van der Waals surface area contributed by atoms with Crippen molar-refractivity contribution in [2.24, 2.45) is 0 Å². The van der Waals surface area contributed by atoms with Crippen LogP contribution in [0.2, 0.25) is 0 Å². The Morgan fingerprint density at radius 2 is 0.625 bits per heavy atom. The van der Waals surface area contributed by atoms with E-state index in [1.807, 2.05) is 0 Å². The third-order valence-corrected chi connectivity index (χ3v) is 3.91. The van der Waals surface area contributed by atoms with E-state index < -0.39 is 5.97 Å². The van der Waals surface area contributed by atoms with E-state index in [9.17, 15) is 0 Å². The number of hydrogen-bond donors (Lipinski definition) is 1. The molecule has 0 atom stereocenters. The molecule has 0 saturated heterocycles. The van der Waals surface area contributed by atoms with Gasteiger partial charge in [0.25, 0.3) is 5.97 Å². The zero-order valence-electron chi connectivity index (χ0n) is 17.7. The summed E-state index contributed by atoms with van der Waals surface area (Å²) in [4.78, 5) is 9.00. The van der Waals surface area contributed by atoms with Crippen LogP contribution in [0.5, 0.6) is 0 Å². The van der Waals surface area contributed by atoms with Crippen molar-refractivity contribution in [3.63, 3.8) is 0 Å². The normalized spacial score (nSPS) is 9.54. The van der Waals surface area contributed by atoms with Crippen molar-refractivity contribution in [1.82, 2.24) is 0 Å². The molecule has 2 heteroatoms. The molecule has 0 radical (unpaired) electrons. The standard InChI is InChI=1S/2C10H22.C2H4O2/c2*1-3-5-7-9-10-8-6-4-2;1-2(3)4/h2*3-10H2,1-2H3;1H3,(H,3,4). The van der Waals surface area contributed by atoms with Gasteiger partial charge in [0.2, 0.25) is 0 Å². The van der Waals surface area contributed by atoms with Crippen molar-refractivity contribution < 1.29 is 9.90 Å². The van der Waals surface area contributed by atoms with Crippen LogP contribution in [0.15, 0.2) is 0 Å². The van der Waals surface area contributed by atoms with E-state index in [1.165, 1.54) is 103 Å². The van der Waals surface area contributed by atoms with E-state index in [-0.39, 0.29) is 0 Å². The van der Waals surface area contributed by atoms with Crippen molar-refractivity contribution in [2.45, 2.75) is 137 Å². The largest absolute Gasteiger partial charge is 0.481 e. The monoisotopic (exact) mass is 344 g/mol. The fraction of sp³-hybridized carbons (Fsp3) is 0.955. The maximum absolute atomic E-state index is 9.00. The molecule has 0 fully saturated rings. The minimum Gasteiger partial charge on any atom is -0.481 e. The number of carboxylic acids is 1. The number of aliphatic carboxylic acids is 1. The van der Waals surface area contributed by atoms with Crippen molar-refractivity contribution in [3.05, 3.63) is 0 Å². The van der Waals surface area contributed by atoms with Crippen molar-refractivity contribution in [2.75, 3.05) is 0 Å². The van der Waals surface area contributed by atoms with Crippen molar-refractivity contribution in [1.29, 1.82) is 0 Å². The summed E-state index contributed by atoms with van der Waals surface area (Å²) < 4.78 is 0. The second-order valence-electron chi connectivity index (χ2n) is 6.76. The minimum atomic E-state index is -0.833. The predicted molar refractivity (Wildman–Crippen MR) is 110 cm³/mol. The molecule has 0 unspecified atom stereocenters. The van der Waals surface area contributed by atoms with Gasteiger partial charge >= 0.3 is 0 Å². The molecule has 0 spiro atoms. The van der Waals surface area contributed by atoms with Crippen LogP contribution in [0, 0.1) is 0 Å². The van der Waals surface area contributed by atoms with Crippen molar-refractivity contribution >= 4 is 5.97 Å². The Hall–Kier alpha value is -0.530. The highest BCUT2D eigenvalue weighted by Gasteiger charge is 1.88. The highest BCUT2D eigenvalue weighted by molar-refractivity contribution is 5.62. The summed E-state index contributed by atoms with van der Waals surface area (Å²) in [6.45, 7) is 10.2. The Morgan fingerprint density at radius 1 is 0.500 bits per heavy atom. The SMILES string of the molecule is CC(=O)O.CCCCCCCCCC.CCCCCCCCCC. The summed E-state index contributed by atoms with van der Waals surface area (Å²) in [6.07, 6.45) is 22.9. The highest BCUT2D eigenvalue weighted by Crippen LogP contribution is 2.08. The molecule has 0 rings (SSSR count). The summed E-state index contributed by atoms with van der Waals surface area (Å²) in [5.41, 5.74) is 0. The maximum atomic E-state index is 9.00. The predicted octanol–water partition coefficient (Wildman–Crippen LogP) is 8.38. The van der Waals surface area contributed by atoms with Gasteiger partial charge in [0.1, 0.15) is 0 Å². The Kier molecular flexibility index (Phi) is 35.8. The quantitative estimate of drug-likeness (QED) is 0.321. The van der Waals surface area contributed by atoms with Crippen LogP contribution in [-0.2, 0) is 4.79 Å². The Labute approximate surface area is 153 Å². The van der Waals surface area contributed by atoms with E-state index in [1.54, 1.807) is 0 Å². The fourth-order valence-electron chi connectivity index (χ4n) is 2.41. The Bertz CT molecular complexity index is 166. The number of hydrogen-bond acceptors (Lipinski definition) is 1. The molecule has 24 heavy (non-hydrogen) atoms. The van der Waals surface area contributed by atoms with Crippen LogP contribution in [0.25, 0.3) is 0 Å². The first-order chi connectivity index (χ1) is 11.6. The molecule has 1 N–H and O–H groups in total. The van der Waals surface area contributed by atoms with E-state index in [4.69, 9.17) is 9.90 Å². The van der Waals surface area contributed by atoms with E-state index in [2.05, 4.69) is 27.7 Å². The lowest BCUT2D eigenvalue weighted by Gasteiger charge is -1.97. The fourth-order valence-corrected chi connectivity index (χ4v) is 2.41. The van der Waals surface area contributed by atoms with Crippen LogP contribution >= 0.6 is 0 Å². The second-order valence-corrected chi connectivity index (χ2v) is 6.76. The molecule has 0 aromatic rings. The molecule has 148 valence electrons. The summed E-state index contributed by atoms with van der Waals surface area (Å²) in [6, 6.07) is 0. The first kappa shape index (κ1) is 28.3. The lowest BCUT2D eigenvalue weighted by Crippen LogP contribution is -1.78. The molecule has 0 amide bonds. The van der Waals surface area contributed by atoms with Gasteiger partial charge in [-0.3, -0.25) is 4.79 Å². The van der Waals surface area contributed by atoms with Crippen LogP contribution in [0.4, 0.5) is 0 Å². The van der Waals surface area contributed by atoms with Gasteiger partial charge < -0.3 is 5.11 Å². The Balaban J connectivity index is -0.000000301. The van der Waals surface area contributed by atoms with E-state index >= 15 is 0 Å². The zero-order chi connectivity index (χ0) is 18.9. The topological polar surface area (TPSA) is 37.3 Å². The molecular weight excluding hydrogens is 296 g/mol. The maximum Gasteiger partial charge on any atom is 0.300 e. The van der Waals surface area contributed by atoms with Crippen LogP contribution in [-0.4, -0.2) is 11.1 Å². The van der Waals surface area contributed by atoms with Crippen molar-refractivity contribution in [3.8, 4) is 0 Å². The number of carbonyl (C=O) groups is 1. The van der Waals surface area contributed by atoms with Gasteiger partial charge in [0, 0.05) is 6.92 Å². The van der Waals surface area contributed by atoms with Gasteiger partial charge in [-0.25, -0.2) is 0 Å². The summed E-state index contributed by atoms with van der Waals surface area (Å²) in [7, 11) is 0. The van der Waals surface area contributed by atoms with Gasteiger partial charge in [-0.15, -0.1) is 0 Å².